The first-order chi connectivity index (χ1) is 1.73. The van der Waals surface area contributed by atoms with Crippen LogP contribution in [0.3, 0.4) is 0 Å². The molecule has 0 N–H and O–H groups in total. The minimum absolute atomic E-state index is 0. The Morgan fingerprint density at radius 2 is 1.40 bits per heavy atom. The maximum absolute atomic E-state index is 9.17. The molecule has 0 saturated heterocycles. The van der Waals surface area contributed by atoms with Crippen molar-refractivity contribution in [2.45, 2.75) is 0 Å². The average molecular weight is 118 g/mol. The second kappa shape index (κ2) is 5.37. The quantitative estimate of drug-likeness (QED) is 0.346. The molecule has 0 aliphatic carbocycles. The van der Waals surface area contributed by atoms with Crippen molar-refractivity contribution in [2.75, 3.05) is 0 Å². The summed E-state index contributed by atoms with van der Waals surface area (Å²) < 4.78 is -0.444. The van der Waals surface area contributed by atoms with Gasteiger partial charge < -0.3 is 0 Å². The Kier molecular flexibility index (Phi) is 10.3. The van der Waals surface area contributed by atoms with Gasteiger partial charge in [-0.05, 0) is 0 Å². The molecule has 0 aliphatic rings. The predicted molar refractivity (Wildman–Crippen MR) is 30.5 cm³/mol. The van der Waals surface area contributed by atoms with Crippen LogP contribution in [0.5, 0.6) is 0 Å². The van der Waals surface area contributed by atoms with Gasteiger partial charge in [0.2, 0.25) is 4.45 Å². The van der Waals surface area contributed by atoms with Crippen LogP contribution in [0, 0.1) is 0 Å². The Labute approximate surface area is 63.6 Å². The standard InChI is InChI=1S/CH2OS2.Na.H/c2-1(3)4;;/h(H2,2,3,4);;. The molecule has 26 valence electrons. The van der Waals surface area contributed by atoms with Gasteiger partial charge in [0.15, 0.2) is 0 Å². The van der Waals surface area contributed by atoms with Crippen LogP contribution >= 0.6 is 25.3 Å². The third-order valence-corrected chi connectivity index (χ3v) is 0. The predicted octanol–water partition coefficient (Wildman–Crippen LogP) is 0.317. The molecule has 0 bridgehead atoms. The van der Waals surface area contributed by atoms with E-state index in [2.05, 4.69) is 25.3 Å². The third-order valence-electron chi connectivity index (χ3n) is 0. The van der Waals surface area contributed by atoms with Crippen molar-refractivity contribution in [2.24, 2.45) is 0 Å². The number of rotatable bonds is 0. The van der Waals surface area contributed by atoms with E-state index >= 15 is 0 Å². The van der Waals surface area contributed by atoms with E-state index in [4.69, 9.17) is 0 Å². The van der Waals surface area contributed by atoms with Gasteiger partial charge in [-0.3, -0.25) is 4.79 Å². The topological polar surface area (TPSA) is 17.1 Å². The van der Waals surface area contributed by atoms with E-state index in [-0.39, 0.29) is 29.6 Å². The summed E-state index contributed by atoms with van der Waals surface area (Å²) >= 11 is 6.38. The summed E-state index contributed by atoms with van der Waals surface area (Å²) in [4.78, 5) is 9.17. The Morgan fingerprint density at radius 1 is 1.40 bits per heavy atom. The zero-order valence-corrected chi connectivity index (χ0v) is 3.59. The van der Waals surface area contributed by atoms with Gasteiger partial charge in [-0.2, -0.15) is 0 Å². The van der Waals surface area contributed by atoms with Crippen LogP contribution in [0.15, 0.2) is 0 Å². The van der Waals surface area contributed by atoms with Gasteiger partial charge >= 0.3 is 29.6 Å². The zero-order chi connectivity index (χ0) is 3.58. The van der Waals surface area contributed by atoms with Crippen LogP contribution in [-0.4, -0.2) is 34.0 Å². The molecule has 0 atom stereocenters. The Hall–Kier alpha value is 1.37. The second-order valence-electron chi connectivity index (χ2n) is 0.283. The summed E-state index contributed by atoms with van der Waals surface area (Å²) in [5.41, 5.74) is 0. The fourth-order valence-electron chi connectivity index (χ4n) is 0. The van der Waals surface area contributed by atoms with Gasteiger partial charge in [0, 0.05) is 0 Å². The molecule has 0 heterocycles. The zero-order valence-electron chi connectivity index (χ0n) is 1.80. The molecule has 0 fully saturated rings. The molecule has 0 aromatic carbocycles. The molecule has 4 heteroatoms. The average Bonchev–Trinajstić information content (AvgIpc) is 0.811. The molecule has 0 aliphatic heterocycles. The molecule has 0 unspecified atom stereocenters. The SMILES string of the molecule is O=C(S)S.[NaH]. The van der Waals surface area contributed by atoms with E-state index in [1.165, 1.54) is 0 Å². The molecule has 0 aromatic rings. The Balaban J connectivity index is 0. The van der Waals surface area contributed by atoms with Crippen LogP contribution in [-0.2, 0) is 0 Å². The van der Waals surface area contributed by atoms with Gasteiger partial charge in [-0.15, -0.1) is 0 Å². The van der Waals surface area contributed by atoms with Gasteiger partial charge in [-0.25, -0.2) is 0 Å². The third kappa shape index (κ3) is 32.5. The molecule has 5 heavy (non-hydrogen) atoms. The van der Waals surface area contributed by atoms with Crippen molar-refractivity contribution in [3.05, 3.63) is 0 Å². The summed E-state index contributed by atoms with van der Waals surface area (Å²) in [5.74, 6) is 0. The first-order valence-corrected chi connectivity index (χ1v) is 1.55. The summed E-state index contributed by atoms with van der Waals surface area (Å²) in [6.45, 7) is 0. The van der Waals surface area contributed by atoms with Crippen LogP contribution in [0.2, 0.25) is 0 Å². The summed E-state index contributed by atoms with van der Waals surface area (Å²) in [5, 5.41) is 0. The molecular formula is CH3NaOS2. The summed E-state index contributed by atoms with van der Waals surface area (Å²) in [7, 11) is 0. The van der Waals surface area contributed by atoms with Crippen molar-refractivity contribution in [1.82, 2.24) is 0 Å². The van der Waals surface area contributed by atoms with E-state index in [0.29, 0.717) is 0 Å². The van der Waals surface area contributed by atoms with E-state index in [0.717, 1.165) is 0 Å². The fourth-order valence-corrected chi connectivity index (χ4v) is 0. The summed E-state index contributed by atoms with van der Waals surface area (Å²) in [6, 6.07) is 0. The summed E-state index contributed by atoms with van der Waals surface area (Å²) in [6.07, 6.45) is 0. The van der Waals surface area contributed by atoms with Gasteiger partial charge in [0.25, 0.3) is 0 Å². The van der Waals surface area contributed by atoms with Gasteiger partial charge in [0.1, 0.15) is 0 Å². The molecule has 0 saturated carbocycles. The normalized spacial score (nSPS) is 5.20. The van der Waals surface area contributed by atoms with E-state index in [9.17, 15) is 4.79 Å². The molecular weight excluding hydrogens is 115 g/mol. The minimum atomic E-state index is -0.444. The molecule has 1 nitrogen and oxygen atoms in total. The van der Waals surface area contributed by atoms with Crippen molar-refractivity contribution in [3.8, 4) is 0 Å². The number of hydrogen-bond donors (Lipinski definition) is 2. The first-order valence-electron chi connectivity index (χ1n) is 0.651. The monoisotopic (exact) mass is 118 g/mol. The molecule has 0 radical (unpaired) electrons. The maximum atomic E-state index is 9.17. The number of hydrogen-bond acceptors (Lipinski definition) is 1. The first kappa shape index (κ1) is 9.62. The van der Waals surface area contributed by atoms with Crippen LogP contribution in [0.1, 0.15) is 0 Å². The number of thiol groups is 2. The van der Waals surface area contributed by atoms with Crippen molar-refractivity contribution in [3.63, 3.8) is 0 Å². The van der Waals surface area contributed by atoms with E-state index in [1.54, 1.807) is 0 Å². The van der Waals surface area contributed by atoms with Crippen LogP contribution in [0.4, 0.5) is 4.79 Å². The number of carbonyl (C=O) groups excluding carboxylic acids is 1. The molecule has 0 rings (SSSR count). The molecule has 0 aromatic heterocycles. The molecule has 0 amide bonds. The Morgan fingerprint density at radius 3 is 1.40 bits per heavy atom. The van der Waals surface area contributed by atoms with Crippen LogP contribution < -0.4 is 0 Å². The second-order valence-corrected chi connectivity index (χ2v) is 1.45. The Bertz CT molecular complexity index is 32.6. The van der Waals surface area contributed by atoms with E-state index < -0.39 is 4.45 Å². The van der Waals surface area contributed by atoms with Crippen molar-refractivity contribution < 1.29 is 4.79 Å². The van der Waals surface area contributed by atoms with Crippen molar-refractivity contribution >= 4 is 59.3 Å². The van der Waals surface area contributed by atoms with E-state index in [1.807, 2.05) is 0 Å². The van der Waals surface area contributed by atoms with Gasteiger partial charge in [-0.1, -0.05) is 25.3 Å². The number of carbonyl (C=O) groups is 1. The van der Waals surface area contributed by atoms with Gasteiger partial charge in [0.05, 0.1) is 0 Å². The van der Waals surface area contributed by atoms with Crippen LogP contribution in [0.25, 0.3) is 0 Å². The molecule has 0 spiro atoms. The van der Waals surface area contributed by atoms with Crippen molar-refractivity contribution in [1.29, 1.82) is 0 Å². The fraction of sp³-hybridized carbons (Fsp3) is 0.